The molecule has 11 heteroatoms. The number of carbonyl (C=O) groups is 1. The number of benzene rings is 2. The number of sulfonamides is 1. The third kappa shape index (κ3) is 3.45. The fourth-order valence-electron chi connectivity index (χ4n) is 3.06. The standard InChI is InChI=1S/C18H17N5O5S/c1-9(2)16(18(24)25)21-29(26,27)11-4-6-13-12-5-3-10(17-19-22-23-20-17)7-14(12)28-15(13)8-11/h3-9,16,21H,1-2H3,(H,24,25)(H,19,20,22,23)/t16-/m0/s1. The number of fused-ring (bicyclic) bond motifs is 3. The average molecular weight is 415 g/mol. The predicted molar refractivity (Wildman–Crippen MR) is 103 cm³/mol. The third-order valence-corrected chi connectivity index (χ3v) is 6.03. The number of nitrogens with one attached hydrogen (secondary N) is 2. The topological polar surface area (TPSA) is 151 Å². The number of carboxylic acid groups (broad SMARTS) is 1. The molecule has 0 bridgehead atoms. The first-order chi connectivity index (χ1) is 13.8. The van der Waals surface area contributed by atoms with Gasteiger partial charge in [0.05, 0.1) is 4.90 Å². The van der Waals surface area contributed by atoms with E-state index in [2.05, 4.69) is 25.3 Å². The summed E-state index contributed by atoms with van der Waals surface area (Å²) in [5.74, 6) is -1.17. The number of hydrogen-bond acceptors (Lipinski definition) is 7. The van der Waals surface area contributed by atoms with Crippen LogP contribution < -0.4 is 4.72 Å². The van der Waals surface area contributed by atoms with Crippen molar-refractivity contribution in [2.45, 2.75) is 24.8 Å². The van der Waals surface area contributed by atoms with Crippen molar-refractivity contribution in [3.8, 4) is 11.4 Å². The van der Waals surface area contributed by atoms with Crippen molar-refractivity contribution in [1.82, 2.24) is 25.3 Å². The molecule has 0 spiro atoms. The highest BCUT2D eigenvalue weighted by Crippen LogP contribution is 2.32. The maximum atomic E-state index is 12.7. The van der Waals surface area contributed by atoms with Crippen LogP contribution in [-0.4, -0.2) is 46.2 Å². The number of H-pyrrole nitrogens is 1. The molecule has 150 valence electrons. The van der Waals surface area contributed by atoms with Gasteiger partial charge >= 0.3 is 5.97 Å². The van der Waals surface area contributed by atoms with Gasteiger partial charge in [-0.15, -0.1) is 5.10 Å². The average Bonchev–Trinajstić information content (AvgIpc) is 3.32. The number of aromatic amines is 1. The molecule has 3 N–H and O–H groups in total. The summed E-state index contributed by atoms with van der Waals surface area (Å²) in [7, 11) is -4.04. The largest absolute Gasteiger partial charge is 0.480 e. The molecule has 4 aromatic rings. The van der Waals surface area contributed by atoms with Crippen LogP contribution in [0.4, 0.5) is 0 Å². The minimum atomic E-state index is -4.04. The van der Waals surface area contributed by atoms with Crippen molar-refractivity contribution in [3.05, 3.63) is 36.4 Å². The van der Waals surface area contributed by atoms with Crippen LogP contribution in [0.2, 0.25) is 0 Å². The Kier molecular flexibility index (Phi) is 4.55. The monoisotopic (exact) mass is 415 g/mol. The lowest BCUT2D eigenvalue weighted by molar-refractivity contribution is -0.140. The number of hydrogen-bond donors (Lipinski definition) is 3. The van der Waals surface area contributed by atoms with Gasteiger partial charge in [-0.25, -0.2) is 13.5 Å². The summed E-state index contributed by atoms with van der Waals surface area (Å²) in [6, 6.07) is 8.63. The van der Waals surface area contributed by atoms with E-state index in [-0.39, 0.29) is 4.90 Å². The molecule has 0 unspecified atom stereocenters. The number of rotatable bonds is 6. The molecular weight excluding hydrogens is 398 g/mol. The number of furan rings is 1. The molecular formula is C18H17N5O5S. The molecule has 0 aliphatic carbocycles. The van der Waals surface area contributed by atoms with Gasteiger partial charge in [-0.05, 0) is 40.6 Å². The highest BCUT2D eigenvalue weighted by Gasteiger charge is 2.28. The summed E-state index contributed by atoms with van der Waals surface area (Å²) < 4.78 is 33.4. The molecule has 10 nitrogen and oxygen atoms in total. The van der Waals surface area contributed by atoms with Crippen LogP contribution >= 0.6 is 0 Å². The lowest BCUT2D eigenvalue weighted by Crippen LogP contribution is -2.44. The van der Waals surface area contributed by atoms with Crippen molar-refractivity contribution in [1.29, 1.82) is 0 Å². The van der Waals surface area contributed by atoms with Gasteiger partial charge in [-0.3, -0.25) is 4.79 Å². The van der Waals surface area contributed by atoms with Crippen LogP contribution in [0.25, 0.3) is 33.3 Å². The van der Waals surface area contributed by atoms with Crippen LogP contribution in [0.15, 0.2) is 45.7 Å². The second kappa shape index (κ2) is 6.94. The summed E-state index contributed by atoms with van der Waals surface area (Å²) in [5.41, 5.74) is 1.63. The Labute approximate surface area is 165 Å². The third-order valence-electron chi connectivity index (χ3n) is 4.59. The Balaban J connectivity index is 1.75. The van der Waals surface area contributed by atoms with Gasteiger partial charge in [-0.1, -0.05) is 19.9 Å². The van der Waals surface area contributed by atoms with Gasteiger partial charge in [0.25, 0.3) is 0 Å². The zero-order chi connectivity index (χ0) is 20.8. The summed E-state index contributed by atoms with van der Waals surface area (Å²) in [6.07, 6.45) is 0. The van der Waals surface area contributed by atoms with E-state index in [0.29, 0.717) is 17.0 Å². The zero-order valence-corrected chi connectivity index (χ0v) is 16.3. The summed E-state index contributed by atoms with van der Waals surface area (Å²) in [4.78, 5) is 11.3. The van der Waals surface area contributed by atoms with Crippen LogP contribution in [-0.2, 0) is 14.8 Å². The number of aliphatic carboxylic acids is 1. The van der Waals surface area contributed by atoms with Gasteiger partial charge in [0.15, 0.2) is 5.82 Å². The van der Waals surface area contributed by atoms with Gasteiger partial charge in [0.1, 0.15) is 17.2 Å². The normalized spacial score (nSPS) is 13.3. The molecule has 0 radical (unpaired) electrons. The minimum absolute atomic E-state index is 0.0735. The van der Waals surface area contributed by atoms with Crippen LogP contribution in [0.1, 0.15) is 13.8 Å². The highest BCUT2D eigenvalue weighted by molar-refractivity contribution is 7.89. The van der Waals surface area contributed by atoms with Crippen LogP contribution in [0.5, 0.6) is 0 Å². The van der Waals surface area contributed by atoms with E-state index < -0.39 is 28.0 Å². The predicted octanol–water partition coefficient (Wildman–Crippen LogP) is 2.15. The van der Waals surface area contributed by atoms with E-state index in [1.54, 1.807) is 26.0 Å². The Morgan fingerprint density at radius 1 is 1.14 bits per heavy atom. The molecule has 2 aromatic heterocycles. The van der Waals surface area contributed by atoms with E-state index in [0.717, 1.165) is 16.3 Å². The summed E-state index contributed by atoms with van der Waals surface area (Å²) >= 11 is 0. The Morgan fingerprint density at radius 2 is 1.83 bits per heavy atom. The molecule has 0 amide bonds. The van der Waals surface area contributed by atoms with Crippen molar-refractivity contribution < 1.29 is 22.7 Å². The molecule has 29 heavy (non-hydrogen) atoms. The second-order valence-corrected chi connectivity index (χ2v) is 8.62. The molecule has 0 fully saturated rings. The van der Waals surface area contributed by atoms with Gasteiger partial charge < -0.3 is 9.52 Å². The van der Waals surface area contributed by atoms with E-state index in [9.17, 15) is 18.3 Å². The zero-order valence-electron chi connectivity index (χ0n) is 15.4. The number of carboxylic acids is 1. The molecule has 4 rings (SSSR count). The van der Waals surface area contributed by atoms with Gasteiger partial charge in [-0.2, -0.15) is 4.72 Å². The minimum Gasteiger partial charge on any atom is -0.480 e. The van der Waals surface area contributed by atoms with Crippen molar-refractivity contribution in [2.75, 3.05) is 0 Å². The van der Waals surface area contributed by atoms with E-state index in [4.69, 9.17) is 4.42 Å². The quantitative estimate of drug-likeness (QED) is 0.433. The molecule has 2 aromatic carbocycles. The van der Waals surface area contributed by atoms with E-state index in [1.165, 1.54) is 12.1 Å². The Hall–Kier alpha value is -3.31. The molecule has 0 aliphatic rings. The first kappa shape index (κ1) is 19.0. The Bertz CT molecular complexity index is 1310. The lowest BCUT2D eigenvalue weighted by Gasteiger charge is -2.17. The van der Waals surface area contributed by atoms with E-state index >= 15 is 0 Å². The van der Waals surface area contributed by atoms with Crippen molar-refractivity contribution in [3.63, 3.8) is 0 Å². The van der Waals surface area contributed by atoms with Crippen molar-refractivity contribution >= 4 is 37.9 Å². The first-order valence-electron chi connectivity index (χ1n) is 8.72. The SMILES string of the molecule is CC(C)[C@H](NS(=O)(=O)c1ccc2c(c1)oc1cc(-c3nnn[nH]3)ccc12)C(=O)O. The maximum absolute atomic E-state index is 12.7. The smallest absolute Gasteiger partial charge is 0.322 e. The molecule has 0 aliphatic heterocycles. The number of aromatic nitrogens is 4. The van der Waals surface area contributed by atoms with Crippen molar-refractivity contribution in [2.24, 2.45) is 5.92 Å². The maximum Gasteiger partial charge on any atom is 0.322 e. The van der Waals surface area contributed by atoms with E-state index in [1.807, 2.05) is 12.1 Å². The molecule has 2 heterocycles. The fraction of sp³-hybridized carbons (Fsp3) is 0.222. The molecule has 0 saturated heterocycles. The second-order valence-electron chi connectivity index (χ2n) is 6.90. The Morgan fingerprint density at radius 3 is 2.45 bits per heavy atom. The highest BCUT2D eigenvalue weighted by atomic mass is 32.2. The van der Waals surface area contributed by atoms with Crippen LogP contribution in [0, 0.1) is 5.92 Å². The summed E-state index contributed by atoms with van der Waals surface area (Å²) in [6.45, 7) is 3.26. The molecule has 0 saturated carbocycles. The van der Waals surface area contributed by atoms with Crippen LogP contribution in [0.3, 0.4) is 0 Å². The van der Waals surface area contributed by atoms with Gasteiger partial charge in [0, 0.05) is 22.4 Å². The first-order valence-corrected chi connectivity index (χ1v) is 10.2. The molecule has 1 atom stereocenters. The fourth-order valence-corrected chi connectivity index (χ4v) is 4.41. The summed E-state index contributed by atoms with van der Waals surface area (Å²) in [5, 5.41) is 24.4. The number of tetrazole rings is 1. The van der Waals surface area contributed by atoms with Gasteiger partial charge in [0.2, 0.25) is 10.0 Å². The lowest BCUT2D eigenvalue weighted by atomic mass is 10.1. The number of nitrogens with zero attached hydrogens (tertiary/aromatic N) is 3.